The lowest BCUT2D eigenvalue weighted by Crippen LogP contribution is -2.19. The van der Waals surface area contributed by atoms with Gasteiger partial charge in [0.1, 0.15) is 5.75 Å². The maximum Gasteiger partial charge on any atom is 0.119 e. The van der Waals surface area contributed by atoms with Crippen molar-refractivity contribution in [3.63, 3.8) is 0 Å². The molecule has 2 heteroatoms. The van der Waals surface area contributed by atoms with Crippen LogP contribution in [0, 0.1) is 5.92 Å². The van der Waals surface area contributed by atoms with E-state index >= 15 is 0 Å². The summed E-state index contributed by atoms with van der Waals surface area (Å²) in [6.45, 7) is 0.865. The summed E-state index contributed by atoms with van der Waals surface area (Å²) in [5.41, 5.74) is 6.35. The van der Waals surface area contributed by atoms with Crippen LogP contribution in [0.5, 0.6) is 5.75 Å². The fraction of sp³-hybridized carbons (Fsp3) is 0.455. The van der Waals surface area contributed by atoms with Crippen LogP contribution >= 0.6 is 0 Å². The molecule has 1 aliphatic rings. The summed E-state index contributed by atoms with van der Waals surface area (Å²) in [6.07, 6.45) is 4.03. The molecule has 0 amide bonds. The molecule has 0 radical (unpaired) electrons. The molecule has 2 nitrogen and oxygen atoms in total. The van der Waals surface area contributed by atoms with Crippen molar-refractivity contribution in [1.29, 1.82) is 0 Å². The topological polar surface area (TPSA) is 35.2 Å². The number of nitrogen functional groups attached to an aromatic ring is 1. The Labute approximate surface area is 78.7 Å². The van der Waals surface area contributed by atoms with Crippen LogP contribution in [0.15, 0.2) is 24.3 Å². The molecule has 2 rings (SSSR count). The van der Waals surface area contributed by atoms with Gasteiger partial charge in [-0.15, -0.1) is 0 Å². The van der Waals surface area contributed by atoms with Gasteiger partial charge in [-0.3, -0.25) is 0 Å². The van der Waals surface area contributed by atoms with Crippen LogP contribution in [0.25, 0.3) is 0 Å². The predicted molar refractivity (Wildman–Crippen MR) is 53.7 cm³/mol. The first kappa shape index (κ1) is 8.42. The summed E-state index contributed by atoms with van der Waals surface area (Å²) in [6, 6.07) is 7.59. The summed E-state index contributed by atoms with van der Waals surface area (Å²) in [5.74, 6) is 1.72. The Morgan fingerprint density at radius 2 is 1.92 bits per heavy atom. The van der Waals surface area contributed by atoms with Gasteiger partial charge in [-0.25, -0.2) is 0 Å². The average Bonchev–Trinajstić information content (AvgIpc) is 2.05. The largest absolute Gasteiger partial charge is 0.493 e. The Hall–Kier alpha value is -1.18. The third-order valence-corrected chi connectivity index (χ3v) is 2.59. The second kappa shape index (κ2) is 3.69. The molecule has 2 N–H and O–H groups in total. The summed E-state index contributed by atoms with van der Waals surface area (Å²) >= 11 is 0. The quantitative estimate of drug-likeness (QED) is 0.720. The lowest BCUT2D eigenvalue weighted by atomic mass is 9.86. The van der Waals surface area contributed by atoms with E-state index in [1.807, 2.05) is 24.3 Å². The monoisotopic (exact) mass is 177 g/mol. The van der Waals surface area contributed by atoms with Crippen molar-refractivity contribution >= 4 is 5.69 Å². The minimum atomic E-state index is 0.788. The van der Waals surface area contributed by atoms with E-state index in [-0.39, 0.29) is 0 Å². The zero-order valence-corrected chi connectivity index (χ0v) is 7.70. The molecule has 0 aromatic heterocycles. The first-order chi connectivity index (χ1) is 6.34. The third-order valence-electron chi connectivity index (χ3n) is 2.59. The summed E-state index contributed by atoms with van der Waals surface area (Å²) in [5, 5.41) is 0. The van der Waals surface area contributed by atoms with Crippen LogP contribution in [0.4, 0.5) is 5.69 Å². The second-order valence-corrected chi connectivity index (χ2v) is 3.68. The first-order valence-electron chi connectivity index (χ1n) is 4.83. The van der Waals surface area contributed by atoms with Gasteiger partial charge in [0.2, 0.25) is 0 Å². The minimum absolute atomic E-state index is 0.788. The normalized spacial score (nSPS) is 16.6. The van der Waals surface area contributed by atoms with Gasteiger partial charge < -0.3 is 10.5 Å². The lowest BCUT2D eigenvalue weighted by molar-refractivity contribution is 0.180. The van der Waals surface area contributed by atoms with Crippen LogP contribution in [-0.4, -0.2) is 6.61 Å². The average molecular weight is 177 g/mol. The van der Waals surface area contributed by atoms with Gasteiger partial charge in [-0.05, 0) is 43.0 Å². The number of hydrogen-bond donors (Lipinski definition) is 1. The molecule has 1 aromatic rings. The van der Waals surface area contributed by atoms with E-state index < -0.39 is 0 Å². The van der Waals surface area contributed by atoms with E-state index in [1.54, 1.807) is 0 Å². The second-order valence-electron chi connectivity index (χ2n) is 3.68. The third kappa shape index (κ3) is 2.14. The van der Waals surface area contributed by atoms with Crippen molar-refractivity contribution in [2.45, 2.75) is 19.3 Å². The van der Waals surface area contributed by atoms with Crippen molar-refractivity contribution in [3.05, 3.63) is 24.3 Å². The number of ether oxygens (including phenoxy) is 1. The van der Waals surface area contributed by atoms with E-state index in [1.165, 1.54) is 19.3 Å². The molecule has 0 heterocycles. The molecule has 70 valence electrons. The zero-order valence-electron chi connectivity index (χ0n) is 7.70. The van der Waals surface area contributed by atoms with E-state index in [0.717, 1.165) is 24.0 Å². The SMILES string of the molecule is Nc1ccc(OCC2CCC2)cc1. The molecule has 1 aliphatic carbocycles. The highest BCUT2D eigenvalue weighted by Crippen LogP contribution is 2.27. The molecule has 0 atom stereocenters. The van der Waals surface area contributed by atoms with Crippen molar-refractivity contribution in [1.82, 2.24) is 0 Å². The van der Waals surface area contributed by atoms with Crippen LogP contribution in [0.3, 0.4) is 0 Å². The van der Waals surface area contributed by atoms with E-state index in [2.05, 4.69) is 0 Å². The highest BCUT2D eigenvalue weighted by Gasteiger charge is 2.17. The van der Waals surface area contributed by atoms with Crippen molar-refractivity contribution in [3.8, 4) is 5.75 Å². The van der Waals surface area contributed by atoms with Crippen molar-refractivity contribution < 1.29 is 4.74 Å². The fourth-order valence-corrected chi connectivity index (χ4v) is 1.44. The Morgan fingerprint density at radius 3 is 2.46 bits per heavy atom. The van der Waals surface area contributed by atoms with Gasteiger partial charge in [0.05, 0.1) is 6.61 Å². The molecule has 0 saturated heterocycles. The Morgan fingerprint density at radius 1 is 1.23 bits per heavy atom. The van der Waals surface area contributed by atoms with Crippen LogP contribution < -0.4 is 10.5 Å². The van der Waals surface area contributed by atoms with E-state index in [0.29, 0.717) is 0 Å². The maximum atomic E-state index is 5.61. The maximum absolute atomic E-state index is 5.61. The van der Waals surface area contributed by atoms with Crippen LogP contribution in [0.1, 0.15) is 19.3 Å². The summed E-state index contributed by atoms with van der Waals surface area (Å²) in [7, 11) is 0. The van der Waals surface area contributed by atoms with Crippen LogP contribution in [0.2, 0.25) is 0 Å². The molecular formula is C11H15NO. The van der Waals surface area contributed by atoms with Gasteiger partial charge in [0.15, 0.2) is 0 Å². The van der Waals surface area contributed by atoms with Gasteiger partial charge in [0, 0.05) is 5.69 Å². The highest BCUT2D eigenvalue weighted by atomic mass is 16.5. The zero-order chi connectivity index (χ0) is 9.10. The molecule has 1 fully saturated rings. The molecule has 0 aliphatic heterocycles. The standard InChI is InChI=1S/C11H15NO/c12-10-4-6-11(7-5-10)13-8-9-2-1-3-9/h4-7,9H,1-3,8,12H2. The minimum Gasteiger partial charge on any atom is -0.493 e. The van der Waals surface area contributed by atoms with Gasteiger partial charge in [-0.1, -0.05) is 6.42 Å². The highest BCUT2D eigenvalue weighted by molar-refractivity contribution is 5.41. The van der Waals surface area contributed by atoms with Gasteiger partial charge in [-0.2, -0.15) is 0 Å². The number of hydrogen-bond acceptors (Lipinski definition) is 2. The molecule has 1 saturated carbocycles. The smallest absolute Gasteiger partial charge is 0.119 e. The first-order valence-corrected chi connectivity index (χ1v) is 4.83. The van der Waals surface area contributed by atoms with E-state index in [9.17, 15) is 0 Å². The Bertz CT molecular complexity index is 264. The van der Waals surface area contributed by atoms with Crippen molar-refractivity contribution in [2.24, 2.45) is 5.92 Å². The molecule has 0 spiro atoms. The number of nitrogens with two attached hydrogens (primary N) is 1. The summed E-state index contributed by atoms with van der Waals surface area (Å²) in [4.78, 5) is 0. The molecule has 1 aromatic carbocycles. The van der Waals surface area contributed by atoms with Gasteiger partial charge in [0.25, 0.3) is 0 Å². The Kier molecular flexibility index (Phi) is 2.39. The molecule has 0 bridgehead atoms. The lowest BCUT2D eigenvalue weighted by Gasteiger charge is -2.25. The number of anilines is 1. The van der Waals surface area contributed by atoms with Crippen LogP contribution in [-0.2, 0) is 0 Å². The molecule has 0 unspecified atom stereocenters. The predicted octanol–water partition coefficient (Wildman–Crippen LogP) is 2.45. The summed E-state index contributed by atoms with van der Waals surface area (Å²) < 4.78 is 5.61. The van der Waals surface area contributed by atoms with Crippen molar-refractivity contribution in [2.75, 3.05) is 12.3 Å². The Balaban J connectivity index is 1.83. The van der Waals surface area contributed by atoms with Gasteiger partial charge >= 0.3 is 0 Å². The number of rotatable bonds is 3. The van der Waals surface area contributed by atoms with E-state index in [4.69, 9.17) is 10.5 Å². The molecule has 13 heavy (non-hydrogen) atoms. The molecular weight excluding hydrogens is 162 g/mol. The fourth-order valence-electron chi connectivity index (χ4n) is 1.44. The number of benzene rings is 1.